The number of nitrogens with zero attached hydrogens (tertiary/aromatic N) is 2. The number of aryl methyl sites for hydroxylation is 1. The fraction of sp³-hybridized carbons (Fsp3) is 0.381. The summed E-state index contributed by atoms with van der Waals surface area (Å²) >= 11 is 0. The first-order valence-electron chi connectivity index (χ1n) is 9.01. The Labute approximate surface area is 155 Å². The van der Waals surface area contributed by atoms with Crippen molar-refractivity contribution in [1.82, 2.24) is 9.80 Å². The zero-order valence-corrected chi connectivity index (χ0v) is 15.5. The highest BCUT2D eigenvalue weighted by molar-refractivity contribution is 5.97. The maximum atomic E-state index is 12.7. The Bertz CT molecular complexity index is 722. The molecule has 1 aliphatic heterocycles. The predicted octanol–water partition coefficient (Wildman–Crippen LogP) is 2.84. The molecule has 26 heavy (non-hydrogen) atoms. The summed E-state index contributed by atoms with van der Waals surface area (Å²) in [5.41, 5.74) is 1.86. The Kier molecular flexibility index (Phi) is 6.12. The molecular formula is C21H26N2O3. The third-order valence-corrected chi connectivity index (χ3v) is 4.69. The van der Waals surface area contributed by atoms with Crippen LogP contribution >= 0.6 is 0 Å². The quantitative estimate of drug-likeness (QED) is 0.800. The number of hydrogen-bond donors (Lipinski definition) is 0. The molecule has 0 aromatic heterocycles. The van der Waals surface area contributed by atoms with Gasteiger partial charge in [0.15, 0.2) is 0 Å². The van der Waals surface area contributed by atoms with Crippen LogP contribution in [0.4, 0.5) is 0 Å². The van der Waals surface area contributed by atoms with Crippen LogP contribution in [-0.2, 0) is 0 Å². The van der Waals surface area contributed by atoms with Gasteiger partial charge in [0.05, 0.1) is 12.7 Å². The van der Waals surface area contributed by atoms with Crippen LogP contribution < -0.4 is 9.47 Å². The van der Waals surface area contributed by atoms with E-state index in [1.165, 1.54) is 5.56 Å². The first-order chi connectivity index (χ1) is 12.7. The molecule has 0 aliphatic carbocycles. The normalized spacial score (nSPS) is 14.9. The van der Waals surface area contributed by atoms with Gasteiger partial charge in [0, 0.05) is 32.7 Å². The SMILES string of the molecule is COc1ccccc1C(=O)N1CCN(CCOc2ccc(C)cc2)CC1. The van der Waals surface area contributed by atoms with Crippen LogP contribution in [0.2, 0.25) is 0 Å². The summed E-state index contributed by atoms with van der Waals surface area (Å²) < 4.78 is 11.1. The first kappa shape index (κ1) is 18.3. The summed E-state index contributed by atoms with van der Waals surface area (Å²) in [5, 5.41) is 0. The molecule has 5 heteroatoms. The molecule has 0 saturated carbocycles. The maximum absolute atomic E-state index is 12.7. The van der Waals surface area contributed by atoms with Crippen molar-refractivity contribution in [2.75, 3.05) is 46.4 Å². The van der Waals surface area contributed by atoms with Gasteiger partial charge in [-0.05, 0) is 31.2 Å². The number of benzene rings is 2. The Balaban J connectivity index is 1.45. The monoisotopic (exact) mass is 354 g/mol. The molecule has 0 atom stereocenters. The molecule has 1 aliphatic rings. The number of para-hydroxylation sites is 1. The van der Waals surface area contributed by atoms with Crippen molar-refractivity contribution in [2.45, 2.75) is 6.92 Å². The van der Waals surface area contributed by atoms with E-state index >= 15 is 0 Å². The second-order valence-corrected chi connectivity index (χ2v) is 6.50. The third-order valence-electron chi connectivity index (χ3n) is 4.69. The Morgan fingerprint density at radius 2 is 1.69 bits per heavy atom. The van der Waals surface area contributed by atoms with E-state index in [1.54, 1.807) is 7.11 Å². The number of piperazine rings is 1. The van der Waals surface area contributed by atoms with Gasteiger partial charge in [-0.15, -0.1) is 0 Å². The average Bonchev–Trinajstić information content (AvgIpc) is 2.69. The molecule has 138 valence electrons. The smallest absolute Gasteiger partial charge is 0.257 e. The van der Waals surface area contributed by atoms with E-state index in [2.05, 4.69) is 24.0 Å². The second kappa shape index (κ2) is 8.72. The van der Waals surface area contributed by atoms with Gasteiger partial charge < -0.3 is 14.4 Å². The summed E-state index contributed by atoms with van der Waals surface area (Å²) in [7, 11) is 1.60. The first-order valence-corrected chi connectivity index (χ1v) is 9.01. The fourth-order valence-corrected chi connectivity index (χ4v) is 3.09. The summed E-state index contributed by atoms with van der Waals surface area (Å²) in [6.45, 7) is 6.75. The van der Waals surface area contributed by atoms with E-state index in [1.807, 2.05) is 41.3 Å². The minimum atomic E-state index is 0.0398. The van der Waals surface area contributed by atoms with Crippen molar-refractivity contribution in [3.63, 3.8) is 0 Å². The molecule has 1 heterocycles. The van der Waals surface area contributed by atoms with Crippen molar-refractivity contribution < 1.29 is 14.3 Å². The molecule has 2 aromatic rings. The molecule has 0 N–H and O–H groups in total. The molecular weight excluding hydrogens is 328 g/mol. The van der Waals surface area contributed by atoms with Crippen LogP contribution in [0.5, 0.6) is 11.5 Å². The van der Waals surface area contributed by atoms with Crippen LogP contribution in [0.15, 0.2) is 48.5 Å². The van der Waals surface area contributed by atoms with Gasteiger partial charge in [0.2, 0.25) is 0 Å². The van der Waals surface area contributed by atoms with E-state index < -0.39 is 0 Å². The molecule has 0 radical (unpaired) electrons. The van der Waals surface area contributed by atoms with Crippen LogP contribution in [0, 0.1) is 6.92 Å². The summed E-state index contributed by atoms with van der Waals surface area (Å²) in [5.74, 6) is 1.57. The standard InChI is InChI=1S/C21H26N2O3/c1-17-7-9-18(10-8-17)26-16-15-22-11-13-23(14-12-22)21(24)19-5-3-4-6-20(19)25-2/h3-10H,11-16H2,1-2H3. The predicted molar refractivity (Wildman–Crippen MR) is 102 cm³/mol. The van der Waals surface area contributed by atoms with Gasteiger partial charge in [0.1, 0.15) is 18.1 Å². The highest BCUT2D eigenvalue weighted by Crippen LogP contribution is 2.20. The minimum absolute atomic E-state index is 0.0398. The van der Waals surface area contributed by atoms with Crippen molar-refractivity contribution in [2.24, 2.45) is 0 Å². The average molecular weight is 354 g/mol. The van der Waals surface area contributed by atoms with Gasteiger partial charge >= 0.3 is 0 Å². The molecule has 0 unspecified atom stereocenters. The van der Waals surface area contributed by atoms with E-state index in [4.69, 9.17) is 9.47 Å². The maximum Gasteiger partial charge on any atom is 0.257 e. The number of ether oxygens (including phenoxy) is 2. The number of carbonyl (C=O) groups is 1. The number of methoxy groups -OCH3 is 1. The van der Waals surface area contributed by atoms with Gasteiger partial charge in [-0.3, -0.25) is 9.69 Å². The number of rotatable bonds is 6. The van der Waals surface area contributed by atoms with Crippen LogP contribution in [0.25, 0.3) is 0 Å². The van der Waals surface area contributed by atoms with Gasteiger partial charge in [-0.1, -0.05) is 29.8 Å². The van der Waals surface area contributed by atoms with E-state index in [0.717, 1.165) is 38.5 Å². The largest absolute Gasteiger partial charge is 0.496 e. The molecule has 0 spiro atoms. The number of hydrogen-bond acceptors (Lipinski definition) is 4. The zero-order chi connectivity index (χ0) is 18.4. The molecule has 2 aromatic carbocycles. The molecule has 1 fully saturated rings. The molecule has 0 bridgehead atoms. The number of amides is 1. The second-order valence-electron chi connectivity index (χ2n) is 6.50. The van der Waals surface area contributed by atoms with Crippen molar-refractivity contribution in [3.8, 4) is 11.5 Å². The van der Waals surface area contributed by atoms with Crippen molar-refractivity contribution in [1.29, 1.82) is 0 Å². The van der Waals surface area contributed by atoms with E-state index in [9.17, 15) is 4.79 Å². The van der Waals surface area contributed by atoms with Crippen LogP contribution in [0.3, 0.4) is 0 Å². The third kappa shape index (κ3) is 4.55. The molecule has 5 nitrogen and oxygen atoms in total. The minimum Gasteiger partial charge on any atom is -0.496 e. The highest BCUT2D eigenvalue weighted by Gasteiger charge is 2.23. The van der Waals surface area contributed by atoms with Crippen molar-refractivity contribution in [3.05, 3.63) is 59.7 Å². The zero-order valence-electron chi connectivity index (χ0n) is 15.5. The molecule has 3 rings (SSSR count). The van der Waals surface area contributed by atoms with Gasteiger partial charge in [-0.25, -0.2) is 0 Å². The fourth-order valence-electron chi connectivity index (χ4n) is 3.09. The lowest BCUT2D eigenvalue weighted by Crippen LogP contribution is -2.49. The Hall–Kier alpha value is -2.53. The lowest BCUT2D eigenvalue weighted by Gasteiger charge is -2.34. The van der Waals surface area contributed by atoms with Crippen LogP contribution in [0.1, 0.15) is 15.9 Å². The summed E-state index contributed by atoms with van der Waals surface area (Å²) in [6.07, 6.45) is 0. The van der Waals surface area contributed by atoms with E-state index in [0.29, 0.717) is 17.9 Å². The van der Waals surface area contributed by atoms with Crippen molar-refractivity contribution >= 4 is 5.91 Å². The Morgan fingerprint density at radius 3 is 2.38 bits per heavy atom. The topological polar surface area (TPSA) is 42.0 Å². The van der Waals surface area contributed by atoms with E-state index in [-0.39, 0.29) is 5.91 Å². The Morgan fingerprint density at radius 1 is 1.00 bits per heavy atom. The number of carbonyl (C=O) groups excluding carboxylic acids is 1. The summed E-state index contributed by atoms with van der Waals surface area (Å²) in [4.78, 5) is 16.9. The van der Waals surface area contributed by atoms with Gasteiger partial charge in [-0.2, -0.15) is 0 Å². The lowest BCUT2D eigenvalue weighted by atomic mass is 10.1. The summed E-state index contributed by atoms with van der Waals surface area (Å²) in [6, 6.07) is 15.5. The molecule has 1 amide bonds. The lowest BCUT2D eigenvalue weighted by molar-refractivity contribution is 0.0617. The highest BCUT2D eigenvalue weighted by atomic mass is 16.5. The van der Waals surface area contributed by atoms with Gasteiger partial charge in [0.25, 0.3) is 5.91 Å². The molecule has 1 saturated heterocycles. The van der Waals surface area contributed by atoms with Crippen LogP contribution in [-0.4, -0.2) is 62.1 Å².